The lowest BCUT2D eigenvalue weighted by Crippen LogP contribution is -2.36. The van der Waals surface area contributed by atoms with Crippen LogP contribution in [0.5, 0.6) is 0 Å². The van der Waals surface area contributed by atoms with Gasteiger partial charge >= 0.3 is 6.09 Å². The van der Waals surface area contributed by atoms with E-state index in [1.165, 1.54) is 0 Å². The van der Waals surface area contributed by atoms with E-state index in [9.17, 15) is 9.59 Å². The number of carbonyl (C=O) groups excluding carboxylic acids is 2. The van der Waals surface area contributed by atoms with Crippen LogP contribution in [-0.2, 0) is 22.7 Å². The van der Waals surface area contributed by atoms with Gasteiger partial charge in [0, 0.05) is 31.4 Å². The van der Waals surface area contributed by atoms with E-state index in [-0.39, 0.29) is 24.5 Å². The molecule has 28 heavy (non-hydrogen) atoms. The maximum Gasteiger partial charge on any atom is 0.407 e. The number of nitrogens with zero attached hydrogens (tertiary/aromatic N) is 1. The highest BCUT2D eigenvalue weighted by Gasteiger charge is 2.26. The average molecular weight is 381 g/mol. The predicted octanol–water partition coefficient (Wildman–Crippen LogP) is 3.43. The van der Waals surface area contributed by atoms with Gasteiger partial charge in [-0.15, -0.1) is 0 Å². The smallest absolute Gasteiger partial charge is 0.407 e. The summed E-state index contributed by atoms with van der Waals surface area (Å²) in [5, 5.41) is 5.86. The van der Waals surface area contributed by atoms with Gasteiger partial charge in [0.1, 0.15) is 6.61 Å². The number of pyridine rings is 1. The molecule has 2 aromatic rings. The van der Waals surface area contributed by atoms with E-state index in [1.54, 1.807) is 12.4 Å². The van der Waals surface area contributed by atoms with E-state index in [2.05, 4.69) is 15.6 Å². The lowest BCUT2D eigenvalue weighted by molar-refractivity contribution is -0.126. The number of nitrogens with one attached hydrogen (secondary N) is 2. The minimum atomic E-state index is -0.388. The second kappa shape index (κ2) is 10.4. The van der Waals surface area contributed by atoms with Crippen LogP contribution in [0.25, 0.3) is 0 Å². The first-order valence-electron chi connectivity index (χ1n) is 9.82. The van der Waals surface area contributed by atoms with Crippen molar-refractivity contribution in [3.8, 4) is 0 Å². The van der Waals surface area contributed by atoms with Crippen molar-refractivity contribution in [2.24, 2.45) is 11.8 Å². The molecule has 2 N–H and O–H groups in total. The monoisotopic (exact) mass is 381 g/mol. The van der Waals surface area contributed by atoms with Crippen LogP contribution >= 0.6 is 0 Å². The molecule has 0 unspecified atom stereocenters. The zero-order valence-corrected chi connectivity index (χ0v) is 16.0. The first-order chi connectivity index (χ1) is 13.7. The Morgan fingerprint density at radius 2 is 1.64 bits per heavy atom. The Morgan fingerprint density at radius 1 is 0.929 bits per heavy atom. The van der Waals surface area contributed by atoms with E-state index in [4.69, 9.17) is 4.74 Å². The molecule has 1 aromatic carbocycles. The third-order valence-corrected chi connectivity index (χ3v) is 5.18. The summed E-state index contributed by atoms with van der Waals surface area (Å²) in [6.45, 7) is 1.41. The Morgan fingerprint density at radius 3 is 2.36 bits per heavy atom. The molecule has 6 nitrogen and oxygen atoms in total. The van der Waals surface area contributed by atoms with Crippen LogP contribution in [0.3, 0.4) is 0 Å². The Balaban J connectivity index is 1.30. The minimum Gasteiger partial charge on any atom is -0.445 e. The fourth-order valence-corrected chi connectivity index (χ4v) is 3.46. The van der Waals surface area contributed by atoms with Gasteiger partial charge in [0.25, 0.3) is 0 Å². The Bertz CT molecular complexity index is 744. The highest BCUT2D eigenvalue weighted by atomic mass is 16.5. The zero-order chi connectivity index (χ0) is 19.6. The van der Waals surface area contributed by atoms with Crippen LogP contribution in [0.2, 0.25) is 0 Å². The van der Waals surface area contributed by atoms with Crippen molar-refractivity contribution in [2.75, 3.05) is 6.54 Å². The highest BCUT2D eigenvalue weighted by molar-refractivity contribution is 5.78. The summed E-state index contributed by atoms with van der Waals surface area (Å²) < 4.78 is 5.23. The number of hydrogen-bond acceptors (Lipinski definition) is 4. The first-order valence-corrected chi connectivity index (χ1v) is 9.82. The fourth-order valence-electron chi connectivity index (χ4n) is 3.46. The number of amides is 2. The maximum absolute atomic E-state index is 12.3. The van der Waals surface area contributed by atoms with Crippen LogP contribution < -0.4 is 10.6 Å². The van der Waals surface area contributed by atoms with E-state index < -0.39 is 0 Å². The van der Waals surface area contributed by atoms with Crippen molar-refractivity contribution in [1.29, 1.82) is 0 Å². The number of rotatable bonds is 7. The molecule has 1 aromatic heterocycles. The molecule has 3 rings (SSSR count). The first kappa shape index (κ1) is 19.9. The second-order valence-electron chi connectivity index (χ2n) is 7.23. The maximum atomic E-state index is 12.3. The summed E-state index contributed by atoms with van der Waals surface area (Å²) in [6, 6.07) is 13.4. The number of aromatic nitrogens is 1. The van der Waals surface area contributed by atoms with Crippen molar-refractivity contribution in [1.82, 2.24) is 15.6 Å². The van der Waals surface area contributed by atoms with Gasteiger partial charge < -0.3 is 15.4 Å². The van der Waals surface area contributed by atoms with Crippen LogP contribution in [0, 0.1) is 11.8 Å². The van der Waals surface area contributed by atoms with Crippen molar-refractivity contribution in [2.45, 2.75) is 38.8 Å². The van der Waals surface area contributed by atoms with Crippen LogP contribution in [0.15, 0.2) is 54.9 Å². The topological polar surface area (TPSA) is 80.3 Å². The highest BCUT2D eigenvalue weighted by Crippen LogP contribution is 2.28. The van der Waals surface area contributed by atoms with E-state index in [0.29, 0.717) is 19.0 Å². The quantitative estimate of drug-likeness (QED) is 0.770. The molecule has 0 bridgehead atoms. The normalized spacial score (nSPS) is 18.9. The molecular formula is C22H27N3O3. The molecule has 0 aliphatic heterocycles. The number of hydrogen-bond donors (Lipinski definition) is 2. The van der Waals surface area contributed by atoms with E-state index in [1.807, 2.05) is 42.5 Å². The lowest BCUT2D eigenvalue weighted by Gasteiger charge is -2.27. The average Bonchev–Trinajstić information content (AvgIpc) is 2.76. The summed E-state index contributed by atoms with van der Waals surface area (Å²) in [4.78, 5) is 28.2. The Labute approximate surface area is 165 Å². The van der Waals surface area contributed by atoms with Crippen LogP contribution in [-0.4, -0.2) is 23.5 Å². The molecule has 1 saturated carbocycles. The summed E-state index contributed by atoms with van der Waals surface area (Å²) in [5.74, 6) is 0.571. The summed E-state index contributed by atoms with van der Waals surface area (Å²) >= 11 is 0. The second-order valence-corrected chi connectivity index (χ2v) is 7.23. The molecule has 0 saturated heterocycles. The van der Waals surface area contributed by atoms with Crippen LogP contribution in [0.4, 0.5) is 4.79 Å². The van der Waals surface area contributed by atoms with Gasteiger partial charge in [0.2, 0.25) is 5.91 Å². The van der Waals surface area contributed by atoms with E-state index >= 15 is 0 Å². The summed E-state index contributed by atoms with van der Waals surface area (Å²) in [7, 11) is 0. The molecule has 1 fully saturated rings. The van der Waals surface area contributed by atoms with Gasteiger partial charge in [-0.05, 0) is 54.9 Å². The standard InChI is InChI=1S/C22H27N3O3/c26-21(24-14-18-10-12-23-13-11-18)20-8-6-17(7-9-20)15-25-22(27)28-16-19-4-2-1-3-5-19/h1-5,10-13,17,20H,6-9,14-16H2,(H,24,26)(H,25,27). The molecule has 2 amide bonds. The summed E-state index contributed by atoms with van der Waals surface area (Å²) in [5.41, 5.74) is 2.02. The van der Waals surface area contributed by atoms with Gasteiger partial charge in [0.05, 0.1) is 0 Å². The third-order valence-electron chi connectivity index (χ3n) is 5.18. The molecule has 1 heterocycles. The van der Waals surface area contributed by atoms with Gasteiger partial charge in [0.15, 0.2) is 0 Å². The van der Waals surface area contributed by atoms with Gasteiger partial charge in [-0.1, -0.05) is 30.3 Å². The largest absolute Gasteiger partial charge is 0.445 e. The zero-order valence-electron chi connectivity index (χ0n) is 16.0. The molecular weight excluding hydrogens is 354 g/mol. The molecule has 0 atom stereocenters. The Kier molecular flexibility index (Phi) is 7.41. The molecule has 0 radical (unpaired) electrons. The van der Waals surface area contributed by atoms with Crippen molar-refractivity contribution in [3.63, 3.8) is 0 Å². The molecule has 6 heteroatoms. The molecule has 1 aliphatic rings. The van der Waals surface area contributed by atoms with Gasteiger partial charge in [-0.2, -0.15) is 0 Å². The third kappa shape index (κ3) is 6.37. The molecule has 148 valence electrons. The number of alkyl carbamates (subject to hydrolysis) is 1. The van der Waals surface area contributed by atoms with Crippen molar-refractivity contribution >= 4 is 12.0 Å². The number of ether oxygens (including phenoxy) is 1. The number of carbonyl (C=O) groups is 2. The predicted molar refractivity (Wildman–Crippen MR) is 106 cm³/mol. The minimum absolute atomic E-state index is 0.0584. The lowest BCUT2D eigenvalue weighted by atomic mass is 9.81. The van der Waals surface area contributed by atoms with E-state index in [0.717, 1.165) is 36.8 Å². The van der Waals surface area contributed by atoms with Gasteiger partial charge in [-0.3, -0.25) is 9.78 Å². The Hall–Kier alpha value is -2.89. The molecule has 0 spiro atoms. The number of benzene rings is 1. The SMILES string of the molecule is O=C(NCC1CCC(C(=O)NCc2ccncc2)CC1)OCc1ccccc1. The van der Waals surface area contributed by atoms with Gasteiger partial charge in [-0.25, -0.2) is 4.79 Å². The molecule has 1 aliphatic carbocycles. The fraction of sp³-hybridized carbons (Fsp3) is 0.409. The van der Waals surface area contributed by atoms with Crippen LogP contribution in [0.1, 0.15) is 36.8 Å². The van der Waals surface area contributed by atoms with Crippen molar-refractivity contribution in [3.05, 3.63) is 66.0 Å². The van der Waals surface area contributed by atoms with Crippen molar-refractivity contribution < 1.29 is 14.3 Å². The summed E-state index contributed by atoms with van der Waals surface area (Å²) in [6.07, 6.45) is 6.65.